The molecule has 0 aliphatic heterocycles. The van der Waals surface area contributed by atoms with Crippen molar-refractivity contribution in [1.29, 1.82) is 0 Å². The average Bonchev–Trinajstić information content (AvgIpc) is 2.12. The molecule has 1 aromatic rings. The third-order valence-electron chi connectivity index (χ3n) is 1.66. The van der Waals surface area contributed by atoms with Gasteiger partial charge in [0.2, 0.25) is 0 Å². The maximum absolute atomic E-state index is 13.1. The maximum atomic E-state index is 13.1. The van der Waals surface area contributed by atoms with Gasteiger partial charge in [-0.15, -0.1) is 0 Å². The fraction of sp³-hybridized carbons (Fsp3) is 0.200. The first-order valence-electron chi connectivity index (χ1n) is 4.08. The Balaban J connectivity index is 2.59. The smallest absolute Gasteiger partial charge is 0.137 e. The highest BCUT2D eigenvalue weighted by molar-refractivity contribution is 9.11. The maximum Gasteiger partial charge on any atom is 0.137 e. The van der Waals surface area contributed by atoms with Crippen molar-refractivity contribution in [2.75, 3.05) is 6.54 Å². The Bertz CT molecular complexity index is 339. The summed E-state index contributed by atoms with van der Waals surface area (Å²) in [6, 6.07) is 4.99. The molecule has 0 radical (unpaired) electrons. The topological polar surface area (TPSA) is 12.0 Å². The quantitative estimate of drug-likeness (QED) is 0.893. The highest BCUT2D eigenvalue weighted by Gasteiger charge is 2.03. The molecule has 14 heavy (non-hydrogen) atoms. The van der Waals surface area contributed by atoms with Crippen LogP contribution in [0.25, 0.3) is 0 Å². The highest BCUT2D eigenvalue weighted by Crippen LogP contribution is 2.20. The summed E-state index contributed by atoms with van der Waals surface area (Å²) in [5.74, 6) is -0.234. The highest BCUT2D eigenvalue weighted by atomic mass is 79.9. The largest absolute Gasteiger partial charge is 0.308 e. The third kappa shape index (κ3) is 3.52. The number of nitrogens with one attached hydrogen (secondary N) is 1. The monoisotopic (exact) mass is 321 g/mol. The lowest BCUT2D eigenvalue weighted by atomic mass is 10.2. The molecular formula is C10H10Br2FN. The molecule has 0 aromatic heterocycles. The number of benzene rings is 1. The number of hydrogen-bond acceptors (Lipinski definition) is 1. The van der Waals surface area contributed by atoms with Crippen LogP contribution in [0.4, 0.5) is 4.39 Å². The molecule has 0 aliphatic rings. The molecule has 4 heteroatoms. The molecule has 0 amide bonds. The Morgan fingerprint density at radius 2 is 2.21 bits per heavy atom. The van der Waals surface area contributed by atoms with E-state index in [1.807, 2.05) is 6.07 Å². The molecule has 0 atom stereocenters. The molecule has 1 aromatic carbocycles. The van der Waals surface area contributed by atoms with Gasteiger partial charge in [0.05, 0.1) is 4.47 Å². The van der Waals surface area contributed by atoms with E-state index in [1.54, 1.807) is 6.07 Å². The minimum Gasteiger partial charge on any atom is -0.308 e. The third-order valence-corrected chi connectivity index (χ3v) is 2.83. The first-order chi connectivity index (χ1) is 6.61. The van der Waals surface area contributed by atoms with Crippen LogP contribution in [0, 0.1) is 5.82 Å². The van der Waals surface area contributed by atoms with Gasteiger partial charge in [-0.05, 0) is 27.6 Å². The summed E-state index contributed by atoms with van der Waals surface area (Å²) >= 11 is 6.44. The van der Waals surface area contributed by atoms with E-state index in [4.69, 9.17) is 0 Å². The van der Waals surface area contributed by atoms with E-state index in [-0.39, 0.29) is 5.82 Å². The first kappa shape index (κ1) is 11.9. The van der Waals surface area contributed by atoms with Gasteiger partial charge in [0.25, 0.3) is 0 Å². The number of rotatable bonds is 4. The SMILES string of the molecule is C=C(Br)CNCc1cccc(F)c1Br. The zero-order chi connectivity index (χ0) is 10.6. The van der Waals surface area contributed by atoms with Crippen molar-refractivity contribution in [3.8, 4) is 0 Å². The molecule has 0 heterocycles. The van der Waals surface area contributed by atoms with Crippen molar-refractivity contribution in [3.63, 3.8) is 0 Å². The predicted octanol–water partition coefficient (Wildman–Crippen LogP) is 3.59. The summed E-state index contributed by atoms with van der Waals surface area (Å²) in [7, 11) is 0. The van der Waals surface area contributed by atoms with Gasteiger partial charge in [-0.2, -0.15) is 0 Å². The lowest BCUT2D eigenvalue weighted by Crippen LogP contribution is -2.14. The number of hydrogen-bond donors (Lipinski definition) is 1. The van der Waals surface area contributed by atoms with Crippen LogP contribution in [0.2, 0.25) is 0 Å². The zero-order valence-electron chi connectivity index (χ0n) is 7.49. The Kier molecular flexibility index (Phi) is 4.78. The molecule has 76 valence electrons. The van der Waals surface area contributed by atoms with E-state index in [1.165, 1.54) is 6.07 Å². The minimum absolute atomic E-state index is 0.234. The van der Waals surface area contributed by atoms with E-state index < -0.39 is 0 Å². The lowest BCUT2D eigenvalue weighted by molar-refractivity contribution is 0.615. The van der Waals surface area contributed by atoms with Crippen LogP contribution >= 0.6 is 31.9 Å². The van der Waals surface area contributed by atoms with Gasteiger partial charge in [-0.1, -0.05) is 34.6 Å². The van der Waals surface area contributed by atoms with E-state index >= 15 is 0 Å². The molecule has 1 rings (SSSR count). The fourth-order valence-corrected chi connectivity index (χ4v) is 1.62. The normalized spacial score (nSPS) is 10.2. The molecule has 1 N–H and O–H groups in total. The van der Waals surface area contributed by atoms with Crippen molar-refractivity contribution in [2.24, 2.45) is 0 Å². The molecule has 0 fully saturated rings. The molecular weight excluding hydrogens is 313 g/mol. The molecule has 0 spiro atoms. The lowest BCUT2D eigenvalue weighted by Gasteiger charge is -2.06. The van der Waals surface area contributed by atoms with Crippen LogP contribution in [-0.4, -0.2) is 6.54 Å². The first-order valence-corrected chi connectivity index (χ1v) is 5.66. The van der Waals surface area contributed by atoms with Gasteiger partial charge in [0.15, 0.2) is 0 Å². The molecule has 0 aliphatic carbocycles. The molecule has 0 bridgehead atoms. The van der Waals surface area contributed by atoms with Gasteiger partial charge in [0.1, 0.15) is 5.82 Å². The second-order valence-electron chi connectivity index (χ2n) is 2.83. The van der Waals surface area contributed by atoms with Crippen LogP contribution in [0.15, 0.2) is 33.7 Å². The summed E-state index contributed by atoms with van der Waals surface area (Å²) in [5.41, 5.74) is 0.902. The molecule has 1 nitrogen and oxygen atoms in total. The van der Waals surface area contributed by atoms with Crippen LogP contribution in [0.1, 0.15) is 5.56 Å². The summed E-state index contributed by atoms with van der Waals surface area (Å²) in [6.07, 6.45) is 0. The van der Waals surface area contributed by atoms with E-state index in [2.05, 4.69) is 43.8 Å². The minimum atomic E-state index is -0.234. The fourth-order valence-electron chi connectivity index (χ4n) is 1.02. The van der Waals surface area contributed by atoms with Gasteiger partial charge >= 0.3 is 0 Å². The average molecular weight is 323 g/mol. The Labute approximate surface area is 99.7 Å². The summed E-state index contributed by atoms with van der Waals surface area (Å²) in [4.78, 5) is 0. The Hall–Kier alpha value is -0.190. The van der Waals surface area contributed by atoms with Crippen LogP contribution in [0.3, 0.4) is 0 Å². The second-order valence-corrected chi connectivity index (χ2v) is 4.75. The summed E-state index contributed by atoms with van der Waals surface area (Å²) < 4.78 is 14.5. The van der Waals surface area contributed by atoms with E-state index in [9.17, 15) is 4.39 Å². The Morgan fingerprint density at radius 1 is 1.50 bits per heavy atom. The van der Waals surface area contributed by atoms with Gasteiger partial charge in [-0.3, -0.25) is 0 Å². The summed E-state index contributed by atoms with van der Waals surface area (Å²) in [5, 5.41) is 3.13. The van der Waals surface area contributed by atoms with Crippen molar-refractivity contribution in [3.05, 3.63) is 45.1 Å². The van der Waals surface area contributed by atoms with E-state index in [0.717, 1.165) is 10.0 Å². The van der Waals surface area contributed by atoms with Crippen molar-refractivity contribution < 1.29 is 4.39 Å². The second kappa shape index (κ2) is 5.63. The molecule has 0 saturated heterocycles. The van der Waals surface area contributed by atoms with Gasteiger partial charge in [0, 0.05) is 17.6 Å². The molecule has 0 unspecified atom stereocenters. The van der Waals surface area contributed by atoms with Crippen LogP contribution in [-0.2, 0) is 6.54 Å². The summed E-state index contributed by atoms with van der Waals surface area (Å²) in [6.45, 7) is 4.98. The number of halogens is 3. The van der Waals surface area contributed by atoms with E-state index in [0.29, 0.717) is 17.6 Å². The Morgan fingerprint density at radius 3 is 2.86 bits per heavy atom. The van der Waals surface area contributed by atoms with Gasteiger partial charge in [-0.25, -0.2) is 4.39 Å². The van der Waals surface area contributed by atoms with Crippen molar-refractivity contribution in [2.45, 2.75) is 6.54 Å². The standard InChI is InChI=1S/C10H10Br2FN/c1-7(11)5-14-6-8-3-2-4-9(13)10(8)12/h2-4,14H,1,5-6H2. The zero-order valence-corrected chi connectivity index (χ0v) is 10.7. The van der Waals surface area contributed by atoms with Crippen molar-refractivity contribution in [1.82, 2.24) is 5.32 Å². The van der Waals surface area contributed by atoms with Crippen molar-refractivity contribution >= 4 is 31.9 Å². The molecule has 0 saturated carbocycles. The predicted molar refractivity (Wildman–Crippen MR) is 63.9 cm³/mol. The van der Waals surface area contributed by atoms with Crippen LogP contribution < -0.4 is 5.32 Å². The van der Waals surface area contributed by atoms with Crippen LogP contribution in [0.5, 0.6) is 0 Å². The van der Waals surface area contributed by atoms with Gasteiger partial charge < -0.3 is 5.32 Å².